The molecule has 1 heterocycles. The van der Waals surface area contributed by atoms with Gasteiger partial charge in [-0.25, -0.2) is 0 Å². The molecule has 1 aliphatic rings. The molecule has 184 valence electrons. The lowest BCUT2D eigenvalue weighted by molar-refractivity contribution is -0.140. The number of rotatable bonds is 10. The molecular formula is C25H25ClN2O6S. The summed E-state index contributed by atoms with van der Waals surface area (Å²) in [7, 11) is 2.82. The van der Waals surface area contributed by atoms with Crippen molar-refractivity contribution in [2.45, 2.75) is 6.92 Å². The summed E-state index contributed by atoms with van der Waals surface area (Å²) >= 11 is 12.0. The number of amides is 1. The molecule has 0 saturated carbocycles. The number of halogens is 1. The number of carbonyl (C=O) groups excluding carboxylic acids is 2. The summed E-state index contributed by atoms with van der Waals surface area (Å²) in [6.07, 6.45) is 3.19. The minimum atomic E-state index is -0.552. The highest BCUT2D eigenvalue weighted by Crippen LogP contribution is 2.38. The Hall–Kier alpha value is -3.56. The number of thiocarbonyl (C=S) groups is 1. The first-order valence-corrected chi connectivity index (χ1v) is 11.4. The van der Waals surface area contributed by atoms with Gasteiger partial charge in [-0.15, -0.1) is 0 Å². The van der Waals surface area contributed by atoms with E-state index in [9.17, 15) is 9.59 Å². The molecule has 1 fully saturated rings. The van der Waals surface area contributed by atoms with Crippen molar-refractivity contribution >= 4 is 52.6 Å². The molecule has 0 atom stereocenters. The van der Waals surface area contributed by atoms with Crippen molar-refractivity contribution in [1.29, 1.82) is 0 Å². The van der Waals surface area contributed by atoms with Crippen LogP contribution in [0.15, 0.2) is 54.8 Å². The van der Waals surface area contributed by atoms with E-state index in [1.165, 1.54) is 16.9 Å². The molecule has 0 aliphatic carbocycles. The van der Waals surface area contributed by atoms with Crippen LogP contribution in [0.2, 0.25) is 5.02 Å². The maximum atomic E-state index is 13.5. The van der Waals surface area contributed by atoms with Crippen LogP contribution in [0.3, 0.4) is 0 Å². The lowest BCUT2D eigenvalue weighted by atomic mass is 10.1. The van der Waals surface area contributed by atoms with Crippen LogP contribution in [0, 0.1) is 0 Å². The number of benzene rings is 2. The molecule has 10 heteroatoms. The quantitative estimate of drug-likeness (QED) is 0.198. The first kappa shape index (κ1) is 26.1. The van der Waals surface area contributed by atoms with Crippen LogP contribution in [-0.2, 0) is 14.3 Å². The van der Waals surface area contributed by atoms with Crippen LogP contribution >= 0.6 is 23.8 Å². The molecule has 35 heavy (non-hydrogen) atoms. The first-order valence-electron chi connectivity index (χ1n) is 10.6. The van der Waals surface area contributed by atoms with Gasteiger partial charge in [0.1, 0.15) is 24.6 Å². The Morgan fingerprint density at radius 1 is 1.17 bits per heavy atom. The van der Waals surface area contributed by atoms with E-state index < -0.39 is 11.9 Å². The molecule has 0 N–H and O–H groups in total. The van der Waals surface area contributed by atoms with Crippen LogP contribution < -0.4 is 19.1 Å². The number of anilines is 1. The van der Waals surface area contributed by atoms with Gasteiger partial charge in [0.25, 0.3) is 5.91 Å². The molecule has 1 aliphatic heterocycles. The van der Waals surface area contributed by atoms with E-state index in [4.69, 9.17) is 42.8 Å². The summed E-state index contributed by atoms with van der Waals surface area (Å²) < 4.78 is 21.3. The minimum Gasteiger partial charge on any atom is -0.497 e. The fraction of sp³-hybridized carbons (Fsp3) is 0.240. The second-order valence-corrected chi connectivity index (χ2v) is 7.95. The summed E-state index contributed by atoms with van der Waals surface area (Å²) in [6, 6.07) is 10.2. The van der Waals surface area contributed by atoms with Gasteiger partial charge in [0.15, 0.2) is 16.6 Å². The highest BCUT2D eigenvalue weighted by molar-refractivity contribution is 7.80. The molecule has 0 spiro atoms. The highest BCUT2D eigenvalue weighted by Gasteiger charge is 2.40. The Kier molecular flexibility index (Phi) is 8.73. The zero-order valence-corrected chi connectivity index (χ0v) is 21.1. The predicted octanol–water partition coefficient (Wildman–Crippen LogP) is 4.46. The third-order valence-corrected chi connectivity index (χ3v) is 5.65. The van der Waals surface area contributed by atoms with Crippen molar-refractivity contribution in [2.75, 3.05) is 38.9 Å². The van der Waals surface area contributed by atoms with Gasteiger partial charge in [0.05, 0.1) is 31.5 Å². The van der Waals surface area contributed by atoms with Crippen LogP contribution in [0.1, 0.15) is 12.5 Å². The fourth-order valence-electron chi connectivity index (χ4n) is 3.36. The van der Waals surface area contributed by atoms with Crippen molar-refractivity contribution < 1.29 is 28.5 Å². The van der Waals surface area contributed by atoms with Gasteiger partial charge in [-0.05, 0) is 67.2 Å². The molecule has 0 unspecified atom stereocenters. The van der Waals surface area contributed by atoms with E-state index in [-0.39, 0.29) is 24.0 Å². The molecule has 8 nitrogen and oxygen atoms in total. The standard InChI is InChI=1S/C25H25ClN2O6S/c1-5-11-34-23-19(26)12-16(14-21(23)33-6-2)13-20-24(30)28(17-7-9-18(31-3)10-8-17)25(35)27(20)15-22(29)32-4/h5,7-10,12-14H,1,6,11,15H2,2-4H3/b20-13-. The van der Waals surface area contributed by atoms with Gasteiger partial charge < -0.3 is 23.8 Å². The summed E-state index contributed by atoms with van der Waals surface area (Å²) in [5.41, 5.74) is 1.26. The van der Waals surface area contributed by atoms with E-state index in [2.05, 4.69) is 6.58 Å². The van der Waals surface area contributed by atoms with E-state index in [0.717, 1.165) is 0 Å². The molecule has 1 saturated heterocycles. The number of esters is 1. The number of hydrogen-bond donors (Lipinski definition) is 0. The monoisotopic (exact) mass is 516 g/mol. The second-order valence-electron chi connectivity index (χ2n) is 7.18. The molecule has 3 rings (SSSR count). The number of nitrogens with zero attached hydrogens (tertiary/aromatic N) is 2. The molecule has 0 aromatic heterocycles. The van der Waals surface area contributed by atoms with Crippen molar-refractivity contribution in [3.8, 4) is 17.2 Å². The van der Waals surface area contributed by atoms with Gasteiger partial charge in [0, 0.05) is 0 Å². The molecule has 0 bridgehead atoms. The van der Waals surface area contributed by atoms with Crippen LogP contribution in [0.5, 0.6) is 17.2 Å². The zero-order valence-electron chi connectivity index (χ0n) is 19.6. The van der Waals surface area contributed by atoms with E-state index in [0.29, 0.717) is 40.1 Å². The average Bonchev–Trinajstić information content (AvgIpc) is 3.07. The summed E-state index contributed by atoms with van der Waals surface area (Å²) in [4.78, 5) is 28.4. The van der Waals surface area contributed by atoms with Crippen LogP contribution in [0.4, 0.5) is 5.69 Å². The first-order chi connectivity index (χ1) is 16.8. The van der Waals surface area contributed by atoms with Gasteiger partial charge in [-0.2, -0.15) is 0 Å². The SMILES string of the molecule is C=CCOc1c(Cl)cc(/C=C2/C(=O)N(c3ccc(OC)cc3)C(=S)N2CC(=O)OC)cc1OCC. The topological polar surface area (TPSA) is 77.5 Å². The Bertz CT molecular complexity index is 1170. The van der Waals surface area contributed by atoms with Gasteiger partial charge >= 0.3 is 5.97 Å². The predicted molar refractivity (Wildman–Crippen MR) is 138 cm³/mol. The van der Waals surface area contributed by atoms with E-state index >= 15 is 0 Å². The number of hydrogen-bond acceptors (Lipinski definition) is 7. The lowest BCUT2D eigenvalue weighted by Crippen LogP contribution is -2.35. The maximum Gasteiger partial charge on any atom is 0.325 e. The Labute approximate surface area is 214 Å². The Morgan fingerprint density at radius 3 is 2.49 bits per heavy atom. The number of ether oxygens (including phenoxy) is 4. The summed E-state index contributed by atoms with van der Waals surface area (Å²) in [5.74, 6) is 0.447. The van der Waals surface area contributed by atoms with Crippen molar-refractivity contribution in [3.05, 3.63) is 65.3 Å². The minimum absolute atomic E-state index is 0.138. The average molecular weight is 517 g/mol. The third-order valence-electron chi connectivity index (χ3n) is 4.96. The van der Waals surface area contributed by atoms with Crippen molar-refractivity contribution in [3.63, 3.8) is 0 Å². The lowest BCUT2D eigenvalue weighted by Gasteiger charge is -2.19. The van der Waals surface area contributed by atoms with Crippen LogP contribution in [0.25, 0.3) is 6.08 Å². The van der Waals surface area contributed by atoms with Crippen molar-refractivity contribution in [2.24, 2.45) is 0 Å². The fourth-order valence-corrected chi connectivity index (χ4v) is 3.99. The van der Waals surface area contributed by atoms with Crippen molar-refractivity contribution in [1.82, 2.24) is 4.90 Å². The number of methoxy groups -OCH3 is 2. The molecule has 1 amide bonds. The normalized spacial score (nSPS) is 14.3. The zero-order chi connectivity index (χ0) is 25.5. The molecule has 0 radical (unpaired) electrons. The highest BCUT2D eigenvalue weighted by atomic mass is 35.5. The smallest absolute Gasteiger partial charge is 0.325 e. The van der Waals surface area contributed by atoms with E-state index in [1.807, 2.05) is 6.92 Å². The number of carbonyl (C=O) groups is 2. The maximum absolute atomic E-state index is 13.5. The molecular weight excluding hydrogens is 492 g/mol. The Balaban J connectivity index is 2.07. The van der Waals surface area contributed by atoms with Crippen LogP contribution in [-0.4, -0.2) is 55.9 Å². The van der Waals surface area contributed by atoms with Gasteiger partial charge in [-0.1, -0.05) is 24.3 Å². The molecule has 2 aromatic carbocycles. The second kappa shape index (κ2) is 11.7. The third kappa shape index (κ3) is 5.75. The summed E-state index contributed by atoms with van der Waals surface area (Å²) in [6.45, 7) is 5.85. The van der Waals surface area contributed by atoms with E-state index in [1.54, 1.807) is 55.7 Å². The van der Waals surface area contributed by atoms with Gasteiger partial charge in [-0.3, -0.25) is 14.5 Å². The molecule has 2 aromatic rings. The summed E-state index contributed by atoms with van der Waals surface area (Å²) in [5, 5.41) is 0.433. The largest absolute Gasteiger partial charge is 0.497 e. The Morgan fingerprint density at radius 2 is 1.89 bits per heavy atom. The van der Waals surface area contributed by atoms with Gasteiger partial charge in [0.2, 0.25) is 0 Å².